The summed E-state index contributed by atoms with van der Waals surface area (Å²) in [6.45, 7) is 4.78. The fourth-order valence-corrected chi connectivity index (χ4v) is 3.21. The average Bonchev–Trinajstić information content (AvgIpc) is 3.11. The van der Waals surface area contributed by atoms with Crippen LogP contribution in [-0.2, 0) is 13.0 Å². The van der Waals surface area contributed by atoms with Crippen molar-refractivity contribution >= 4 is 21.9 Å². The van der Waals surface area contributed by atoms with Gasteiger partial charge in [-0.25, -0.2) is 4.98 Å². The first-order valence-electron chi connectivity index (χ1n) is 9.20. The van der Waals surface area contributed by atoms with Crippen molar-refractivity contribution in [3.63, 3.8) is 0 Å². The highest BCUT2D eigenvalue weighted by Gasteiger charge is 2.12. The Morgan fingerprint density at radius 3 is 2.69 bits per heavy atom. The summed E-state index contributed by atoms with van der Waals surface area (Å²) < 4.78 is 5.99. The van der Waals surface area contributed by atoms with Crippen molar-refractivity contribution in [1.29, 1.82) is 0 Å². The van der Waals surface area contributed by atoms with Gasteiger partial charge in [-0.2, -0.15) is 0 Å². The number of nitrogens with zero attached hydrogens (tertiary/aromatic N) is 2. The standard InChI is InChI=1S/C22H23N3O/c1-3-4-10-20-24-21-15(2)23-19-12-11-17(13-18(19)22(21)25-20)26-14-16-8-6-5-7-9-16/h5-9,11-13H,3-4,10,14H2,1-2H3,(H,24,25). The number of aromatic nitrogens is 3. The van der Waals surface area contributed by atoms with E-state index in [1.54, 1.807) is 0 Å². The van der Waals surface area contributed by atoms with Crippen molar-refractivity contribution in [3.8, 4) is 5.75 Å². The van der Waals surface area contributed by atoms with Gasteiger partial charge in [0.15, 0.2) is 0 Å². The van der Waals surface area contributed by atoms with Crippen LogP contribution in [0, 0.1) is 6.92 Å². The third-order valence-corrected chi connectivity index (χ3v) is 4.64. The molecule has 26 heavy (non-hydrogen) atoms. The third-order valence-electron chi connectivity index (χ3n) is 4.64. The first-order valence-corrected chi connectivity index (χ1v) is 9.20. The minimum atomic E-state index is 0.553. The summed E-state index contributed by atoms with van der Waals surface area (Å²) in [4.78, 5) is 13.0. The number of rotatable bonds is 6. The topological polar surface area (TPSA) is 50.8 Å². The van der Waals surface area contributed by atoms with Crippen LogP contribution < -0.4 is 4.74 Å². The zero-order valence-electron chi connectivity index (χ0n) is 15.2. The molecule has 0 radical (unpaired) electrons. The van der Waals surface area contributed by atoms with Gasteiger partial charge in [0.25, 0.3) is 0 Å². The molecule has 2 aromatic carbocycles. The molecule has 0 atom stereocenters. The van der Waals surface area contributed by atoms with Crippen LogP contribution in [0.3, 0.4) is 0 Å². The first kappa shape index (κ1) is 16.6. The lowest BCUT2D eigenvalue weighted by Gasteiger charge is -2.08. The van der Waals surface area contributed by atoms with Crippen LogP contribution in [0.15, 0.2) is 48.5 Å². The number of ether oxygens (including phenoxy) is 1. The predicted octanol–water partition coefficient (Wildman–Crippen LogP) is 5.34. The molecular formula is C22H23N3O. The number of pyridine rings is 1. The summed E-state index contributed by atoms with van der Waals surface area (Å²) in [6, 6.07) is 16.2. The van der Waals surface area contributed by atoms with E-state index in [0.717, 1.165) is 64.0 Å². The molecule has 4 aromatic rings. The molecular weight excluding hydrogens is 322 g/mol. The molecule has 0 fully saturated rings. The second kappa shape index (κ2) is 7.16. The molecule has 0 saturated carbocycles. The number of aryl methyl sites for hydroxylation is 2. The van der Waals surface area contributed by atoms with Gasteiger partial charge in [0, 0.05) is 11.8 Å². The van der Waals surface area contributed by atoms with E-state index >= 15 is 0 Å². The number of aromatic amines is 1. The highest BCUT2D eigenvalue weighted by atomic mass is 16.5. The molecule has 0 spiro atoms. The summed E-state index contributed by atoms with van der Waals surface area (Å²) >= 11 is 0. The van der Waals surface area contributed by atoms with Gasteiger partial charge in [0.2, 0.25) is 0 Å². The van der Waals surface area contributed by atoms with Crippen molar-refractivity contribution in [1.82, 2.24) is 15.0 Å². The monoisotopic (exact) mass is 345 g/mol. The van der Waals surface area contributed by atoms with Crippen LogP contribution in [-0.4, -0.2) is 15.0 Å². The summed E-state index contributed by atoms with van der Waals surface area (Å²) in [5, 5.41) is 1.04. The van der Waals surface area contributed by atoms with Crippen molar-refractivity contribution in [2.45, 2.75) is 39.7 Å². The minimum absolute atomic E-state index is 0.553. The van der Waals surface area contributed by atoms with Crippen LogP contribution in [0.2, 0.25) is 0 Å². The van der Waals surface area contributed by atoms with E-state index in [1.165, 1.54) is 0 Å². The minimum Gasteiger partial charge on any atom is -0.489 e. The molecule has 2 aromatic heterocycles. The molecule has 4 rings (SSSR count). The second-order valence-electron chi connectivity index (χ2n) is 6.66. The van der Waals surface area contributed by atoms with E-state index in [4.69, 9.17) is 14.7 Å². The Bertz CT molecular complexity index is 1040. The zero-order valence-corrected chi connectivity index (χ0v) is 15.2. The number of unbranched alkanes of at least 4 members (excludes halogenated alkanes) is 1. The normalized spacial score (nSPS) is 11.3. The van der Waals surface area contributed by atoms with E-state index in [9.17, 15) is 0 Å². The van der Waals surface area contributed by atoms with E-state index in [-0.39, 0.29) is 0 Å². The molecule has 4 heteroatoms. The molecule has 0 amide bonds. The van der Waals surface area contributed by atoms with E-state index in [0.29, 0.717) is 6.61 Å². The first-order chi connectivity index (χ1) is 12.7. The lowest BCUT2D eigenvalue weighted by molar-refractivity contribution is 0.306. The largest absolute Gasteiger partial charge is 0.489 e. The fourth-order valence-electron chi connectivity index (χ4n) is 3.21. The molecule has 1 N–H and O–H groups in total. The van der Waals surface area contributed by atoms with Gasteiger partial charge in [-0.3, -0.25) is 4.98 Å². The quantitative estimate of drug-likeness (QED) is 0.513. The van der Waals surface area contributed by atoms with Gasteiger partial charge >= 0.3 is 0 Å². The Kier molecular flexibility index (Phi) is 4.57. The highest BCUT2D eigenvalue weighted by molar-refractivity contribution is 6.03. The van der Waals surface area contributed by atoms with Crippen LogP contribution in [0.4, 0.5) is 0 Å². The molecule has 0 saturated heterocycles. The van der Waals surface area contributed by atoms with Crippen molar-refractivity contribution < 1.29 is 4.74 Å². The van der Waals surface area contributed by atoms with E-state index in [2.05, 4.69) is 30.1 Å². The molecule has 0 bridgehead atoms. The Morgan fingerprint density at radius 2 is 1.88 bits per heavy atom. The molecule has 4 nitrogen and oxygen atoms in total. The predicted molar refractivity (Wildman–Crippen MR) is 106 cm³/mol. The molecule has 0 aliphatic carbocycles. The number of imidazole rings is 1. The second-order valence-corrected chi connectivity index (χ2v) is 6.66. The smallest absolute Gasteiger partial charge is 0.120 e. The van der Waals surface area contributed by atoms with E-state index in [1.807, 2.05) is 37.3 Å². The van der Waals surface area contributed by atoms with Crippen molar-refractivity contribution in [3.05, 3.63) is 65.6 Å². The molecule has 0 unspecified atom stereocenters. The molecule has 0 aliphatic rings. The summed E-state index contributed by atoms with van der Waals surface area (Å²) in [5.41, 5.74) is 5.12. The highest BCUT2D eigenvalue weighted by Crippen LogP contribution is 2.28. The third kappa shape index (κ3) is 3.27. The number of H-pyrrole nitrogens is 1. The Labute approximate surface area is 153 Å². The Balaban J connectivity index is 1.70. The van der Waals surface area contributed by atoms with Gasteiger partial charge in [-0.1, -0.05) is 43.7 Å². The van der Waals surface area contributed by atoms with Gasteiger partial charge in [0.1, 0.15) is 18.2 Å². The van der Waals surface area contributed by atoms with Crippen LogP contribution in [0.25, 0.3) is 21.9 Å². The lowest BCUT2D eigenvalue weighted by Crippen LogP contribution is -1.95. The number of benzene rings is 2. The van der Waals surface area contributed by atoms with Crippen LogP contribution >= 0.6 is 0 Å². The van der Waals surface area contributed by atoms with E-state index < -0.39 is 0 Å². The van der Waals surface area contributed by atoms with Crippen molar-refractivity contribution in [2.24, 2.45) is 0 Å². The molecule has 132 valence electrons. The van der Waals surface area contributed by atoms with Gasteiger partial charge in [-0.15, -0.1) is 0 Å². The summed E-state index contributed by atoms with van der Waals surface area (Å²) in [7, 11) is 0. The molecule has 2 heterocycles. The lowest BCUT2D eigenvalue weighted by atomic mass is 10.1. The van der Waals surface area contributed by atoms with Gasteiger partial charge in [-0.05, 0) is 37.1 Å². The SMILES string of the molecule is CCCCc1nc2c([nH]1)c(C)nc1ccc(OCc3ccccc3)cc12. The van der Waals surface area contributed by atoms with Gasteiger partial charge in [0.05, 0.1) is 22.2 Å². The Morgan fingerprint density at radius 1 is 1.04 bits per heavy atom. The molecule has 0 aliphatic heterocycles. The number of nitrogens with one attached hydrogen (secondary N) is 1. The fraction of sp³-hybridized carbons (Fsp3) is 0.273. The zero-order chi connectivity index (χ0) is 17.9. The summed E-state index contributed by atoms with van der Waals surface area (Å²) in [6.07, 6.45) is 3.26. The Hall–Kier alpha value is -2.88. The maximum atomic E-state index is 5.99. The van der Waals surface area contributed by atoms with Gasteiger partial charge < -0.3 is 9.72 Å². The number of hydrogen-bond donors (Lipinski definition) is 1. The number of fused-ring (bicyclic) bond motifs is 3. The average molecular weight is 345 g/mol. The maximum absolute atomic E-state index is 5.99. The van der Waals surface area contributed by atoms with Crippen molar-refractivity contribution in [2.75, 3.05) is 0 Å². The summed E-state index contributed by atoms with van der Waals surface area (Å²) in [5.74, 6) is 1.88. The van der Waals surface area contributed by atoms with Crippen LogP contribution in [0.5, 0.6) is 5.75 Å². The van der Waals surface area contributed by atoms with Crippen LogP contribution in [0.1, 0.15) is 36.8 Å². The number of hydrogen-bond acceptors (Lipinski definition) is 3. The maximum Gasteiger partial charge on any atom is 0.120 e.